The lowest BCUT2D eigenvalue weighted by Gasteiger charge is -2.06. The summed E-state index contributed by atoms with van der Waals surface area (Å²) in [7, 11) is 0. The molecule has 0 amide bonds. The molecule has 1 aromatic rings. The van der Waals surface area contributed by atoms with Gasteiger partial charge in [0.2, 0.25) is 0 Å². The predicted octanol–water partition coefficient (Wildman–Crippen LogP) is 3.56. The van der Waals surface area contributed by atoms with E-state index in [0.717, 1.165) is 24.3 Å². The second-order valence-corrected chi connectivity index (χ2v) is 4.39. The van der Waals surface area contributed by atoms with Crippen molar-refractivity contribution >= 4 is 0 Å². The largest absolute Gasteiger partial charge is 0.465 e. The summed E-state index contributed by atoms with van der Waals surface area (Å²) in [5.74, 6) is 1.47. The first kappa shape index (κ1) is 16.0. The summed E-state index contributed by atoms with van der Waals surface area (Å²) in [6.07, 6.45) is -4.05. The SMILES string of the molecule is CCCNCc1cc(COCCC(F)(F)F)c(C)o1. The van der Waals surface area contributed by atoms with E-state index in [4.69, 9.17) is 9.15 Å². The number of hydrogen-bond acceptors (Lipinski definition) is 3. The fourth-order valence-corrected chi connectivity index (χ4v) is 1.58. The highest BCUT2D eigenvalue weighted by atomic mass is 19.4. The lowest BCUT2D eigenvalue weighted by molar-refractivity contribution is -0.146. The van der Waals surface area contributed by atoms with E-state index in [1.165, 1.54) is 0 Å². The van der Waals surface area contributed by atoms with Crippen LogP contribution in [-0.2, 0) is 17.9 Å². The number of hydrogen-bond donors (Lipinski definition) is 1. The quantitative estimate of drug-likeness (QED) is 0.739. The van der Waals surface area contributed by atoms with Gasteiger partial charge in [0.15, 0.2) is 0 Å². The van der Waals surface area contributed by atoms with Crippen LogP contribution in [0, 0.1) is 6.92 Å². The van der Waals surface area contributed by atoms with Crippen molar-refractivity contribution in [2.75, 3.05) is 13.2 Å². The summed E-state index contributed by atoms with van der Waals surface area (Å²) >= 11 is 0. The summed E-state index contributed by atoms with van der Waals surface area (Å²) < 4.78 is 46.3. The van der Waals surface area contributed by atoms with Gasteiger partial charge in [-0.1, -0.05) is 6.92 Å². The van der Waals surface area contributed by atoms with Gasteiger partial charge in [-0.2, -0.15) is 13.2 Å². The van der Waals surface area contributed by atoms with Crippen molar-refractivity contribution in [3.63, 3.8) is 0 Å². The number of furan rings is 1. The van der Waals surface area contributed by atoms with Crippen LogP contribution < -0.4 is 5.32 Å². The van der Waals surface area contributed by atoms with Gasteiger partial charge in [-0.3, -0.25) is 0 Å². The molecule has 0 aliphatic carbocycles. The van der Waals surface area contributed by atoms with Crippen LogP contribution in [0.15, 0.2) is 10.5 Å². The number of ether oxygens (including phenoxy) is 1. The molecule has 0 saturated carbocycles. The van der Waals surface area contributed by atoms with Gasteiger partial charge in [0.25, 0.3) is 0 Å². The molecule has 110 valence electrons. The maximum Gasteiger partial charge on any atom is 0.391 e. The number of nitrogens with one attached hydrogen (secondary N) is 1. The first-order valence-electron chi connectivity index (χ1n) is 6.35. The topological polar surface area (TPSA) is 34.4 Å². The molecule has 1 aromatic heterocycles. The van der Waals surface area contributed by atoms with E-state index in [1.54, 1.807) is 6.92 Å². The Morgan fingerprint density at radius 1 is 1.37 bits per heavy atom. The fourth-order valence-electron chi connectivity index (χ4n) is 1.58. The second kappa shape index (κ2) is 7.55. The van der Waals surface area contributed by atoms with Crippen LogP contribution in [0.3, 0.4) is 0 Å². The Bertz CT molecular complexity index is 374. The standard InChI is InChI=1S/C13H20F3NO2/c1-3-5-17-8-12-7-11(10(2)19-12)9-18-6-4-13(14,15)16/h7,17H,3-6,8-9H2,1-2H3. The monoisotopic (exact) mass is 279 g/mol. The molecule has 3 nitrogen and oxygen atoms in total. The Morgan fingerprint density at radius 3 is 2.74 bits per heavy atom. The van der Waals surface area contributed by atoms with Crippen molar-refractivity contribution < 1.29 is 22.3 Å². The van der Waals surface area contributed by atoms with Crippen LogP contribution in [0.4, 0.5) is 13.2 Å². The van der Waals surface area contributed by atoms with Crippen LogP contribution >= 0.6 is 0 Å². The molecule has 1 N–H and O–H groups in total. The van der Waals surface area contributed by atoms with E-state index in [-0.39, 0.29) is 13.2 Å². The molecule has 0 radical (unpaired) electrons. The van der Waals surface area contributed by atoms with Crippen molar-refractivity contribution in [1.29, 1.82) is 0 Å². The van der Waals surface area contributed by atoms with Gasteiger partial charge >= 0.3 is 6.18 Å². The zero-order valence-corrected chi connectivity index (χ0v) is 11.3. The second-order valence-electron chi connectivity index (χ2n) is 4.39. The predicted molar refractivity (Wildman–Crippen MR) is 65.8 cm³/mol. The minimum absolute atomic E-state index is 0.152. The van der Waals surface area contributed by atoms with Gasteiger partial charge in [-0.25, -0.2) is 0 Å². The van der Waals surface area contributed by atoms with Gasteiger partial charge in [-0.15, -0.1) is 0 Å². The number of halogens is 3. The lowest BCUT2D eigenvalue weighted by Crippen LogP contribution is -2.13. The third-order valence-electron chi connectivity index (χ3n) is 2.59. The molecule has 1 rings (SSSR count). The van der Waals surface area contributed by atoms with Gasteiger partial charge in [0.1, 0.15) is 11.5 Å². The molecule has 0 bridgehead atoms. The van der Waals surface area contributed by atoms with Crippen LogP contribution in [0.1, 0.15) is 36.8 Å². The molecule has 0 unspecified atom stereocenters. The maximum atomic E-state index is 11.9. The van der Waals surface area contributed by atoms with Crippen LogP contribution in [0.5, 0.6) is 0 Å². The minimum atomic E-state index is -4.17. The van der Waals surface area contributed by atoms with E-state index in [1.807, 2.05) is 6.07 Å². The van der Waals surface area contributed by atoms with Gasteiger partial charge in [-0.05, 0) is 26.0 Å². The van der Waals surface area contributed by atoms with E-state index < -0.39 is 12.6 Å². The average Bonchev–Trinajstić information content (AvgIpc) is 2.65. The summed E-state index contributed by atoms with van der Waals surface area (Å²) in [5.41, 5.74) is 0.801. The fraction of sp³-hybridized carbons (Fsp3) is 0.692. The Labute approximate surface area is 111 Å². The van der Waals surface area contributed by atoms with Crippen LogP contribution in [-0.4, -0.2) is 19.3 Å². The molecular formula is C13H20F3NO2. The molecule has 0 fully saturated rings. The van der Waals surface area contributed by atoms with Gasteiger partial charge in [0, 0.05) is 5.56 Å². The zero-order chi connectivity index (χ0) is 14.3. The third-order valence-corrected chi connectivity index (χ3v) is 2.59. The third kappa shape index (κ3) is 6.63. The maximum absolute atomic E-state index is 11.9. The Morgan fingerprint density at radius 2 is 2.11 bits per heavy atom. The molecule has 1 heterocycles. The van der Waals surface area contributed by atoms with Crippen molar-refractivity contribution in [1.82, 2.24) is 5.32 Å². The highest BCUT2D eigenvalue weighted by Crippen LogP contribution is 2.20. The van der Waals surface area contributed by atoms with Crippen molar-refractivity contribution in [3.05, 3.63) is 23.2 Å². The molecule has 0 aliphatic rings. The first-order valence-corrected chi connectivity index (χ1v) is 6.35. The zero-order valence-electron chi connectivity index (χ0n) is 11.3. The summed E-state index contributed by atoms with van der Waals surface area (Å²) in [5, 5.41) is 3.20. The average molecular weight is 279 g/mol. The molecule has 6 heteroatoms. The molecule has 0 aliphatic heterocycles. The van der Waals surface area contributed by atoms with E-state index >= 15 is 0 Å². The summed E-state index contributed by atoms with van der Waals surface area (Å²) in [4.78, 5) is 0. The van der Waals surface area contributed by atoms with Crippen LogP contribution in [0.25, 0.3) is 0 Å². The van der Waals surface area contributed by atoms with E-state index in [9.17, 15) is 13.2 Å². The number of alkyl halides is 3. The highest BCUT2D eigenvalue weighted by Gasteiger charge is 2.26. The van der Waals surface area contributed by atoms with Crippen molar-refractivity contribution in [2.24, 2.45) is 0 Å². The Kier molecular flexibility index (Phi) is 6.37. The minimum Gasteiger partial charge on any atom is -0.465 e. The lowest BCUT2D eigenvalue weighted by atomic mass is 10.2. The molecule has 0 atom stereocenters. The number of rotatable bonds is 8. The Hall–Kier alpha value is -1.01. The first-order chi connectivity index (χ1) is 8.92. The molecule has 19 heavy (non-hydrogen) atoms. The normalized spacial score (nSPS) is 12.1. The number of aryl methyl sites for hydroxylation is 1. The Balaban J connectivity index is 2.33. The summed E-state index contributed by atoms with van der Waals surface area (Å²) in [6, 6.07) is 1.82. The molecule has 0 spiro atoms. The van der Waals surface area contributed by atoms with Crippen molar-refractivity contribution in [3.8, 4) is 0 Å². The van der Waals surface area contributed by atoms with Crippen molar-refractivity contribution in [2.45, 2.75) is 46.0 Å². The molecular weight excluding hydrogens is 259 g/mol. The summed E-state index contributed by atoms with van der Waals surface area (Å²) in [6.45, 7) is 5.21. The molecule has 0 aromatic carbocycles. The van der Waals surface area contributed by atoms with E-state index in [0.29, 0.717) is 12.3 Å². The van der Waals surface area contributed by atoms with Gasteiger partial charge < -0.3 is 14.5 Å². The smallest absolute Gasteiger partial charge is 0.391 e. The van der Waals surface area contributed by atoms with E-state index in [2.05, 4.69) is 12.2 Å². The highest BCUT2D eigenvalue weighted by molar-refractivity contribution is 5.19. The van der Waals surface area contributed by atoms with Crippen LogP contribution in [0.2, 0.25) is 0 Å². The molecule has 0 saturated heterocycles. The van der Waals surface area contributed by atoms with Gasteiger partial charge in [0.05, 0.1) is 26.2 Å².